The average molecular weight is 308 g/mol. The highest BCUT2D eigenvalue weighted by Gasteiger charge is 2.23. The Hall–Kier alpha value is -2.33. The molecule has 1 amide bonds. The van der Waals surface area contributed by atoms with Crippen LogP contribution in [0.15, 0.2) is 58.4 Å². The lowest BCUT2D eigenvalue weighted by molar-refractivity contribution is -0.115. The lowest BCUT2D eigenvalue weighted by Gasteiger charge is -2.02. The molecule has 1 fully saturated rings. The van der Waals surface area contributed by atoms with E-state index in [0.29, 0.717) is 10.1 Å². The maximum Gasteiger partial charge on any atom is 0.264 e. The SMILES string of the molecule is Cc1ccc(C)c(N=C2NC(=O)/C(=C/c3ccccc3)S2)c1. The molecule has 0 radical (unpaired) electrons. The van der Waals surface area contributed by atoms with E-state index in [2.05, 4.69) is 16.4 Å². The van der Waals surface area contributed by atoms with Gasteiger partial charge in [0.05, 0.1) is 10.6 Å². The quantitative estimate of drug-likeness (QED) is 0.845. The highest BCUT2D eigenvalue weighted by atomic mass is 32.2. The molecule has 1 heterocycles. The number of carbonyl (C=O) groups excluding carboxylic acids is 1. The minimum absolute atomic E-state index is 0.0992. The molecule has 4 heteroatoms. The van der Waals surface area contributed by atoms with Crippen molar-refractivity contribution in [2.45, 2.75) is 13.8 Å². The normalized spacial score (nSPS) is 18.0. The van der Waals surface area contributed by atoms with E-state index in [0.717, 1.165) is 22.4 Å². The van der Waals surface area contributed by atoms with Gasteiger partial charge in [0, 0.05) is 0 Å². The zero-order valence-corrected chi connectivity index (χ0v) is 13.3. The molecule has 1 aliphatic rings. The molecule has 3 nitrogen and oxygen atoms in total. The molecule has 0 atom stereocenters. The molecule has 0 unspecified atom stereocenters. The van der Waals surface area contributed by atoms with Crippen LogP contribution < -0.4 is 5.32 Å². The fourth-order valence-corrected chi connectivity index (χ4v) is 2.97. The van der Waals surface area contributed by atoms with Gasteiger partial charge in [0.2, 0.25) is 0 Å². The zero-order valence-electron chi connectivity index (χ0n) is 12.5. The number of carbonyl (C=O) groups is 1. The molecule has 0 aliphatic carbocycles. The Balaban J connectivity index is 1.87. The largest absolute Gasteiger partial charge is 0.300 e. The second kappa shape index (κ2) is 6.20. The van der Waals surface area contributed by atoms with Gasteiger partial charge < -0.3 is 5.32 Å². The Bertz CT molecular complexity index is 779. The van der Waals surface area contributed by atoms with Crippen LogP contribution in [0.1, 0.15) is 16.7 Å². The lowest BCUT2D eigenvalue weighted by atomic mass is 10.1. The molecule has 0 bridgehead atoms. The molecule has 1 aliphatic heterocycles. The Kier molecular flexibility index (Phi) is 4.11. The number of rotatable bonds is 2. The minimum atomic E-state index is -0.0992. The molecule has 22 heavy (non-hydrogen) atoms. The van der Waals surface area contributed by atoms with Crippen molar-refractivity contribution in [1.29, 1.82) is 0 Å². The first-order chi connectivity index (χ1) is 10.6. The van der Waals surface area contributed by atoms with Crippen LogP contribution in [-0.4, -0.2) is 11.1 Å². The van der Waals surface area contributed by atoms with Gasteiger partial charge in [-0.2, -0.15) is 0 Å². The number of thioether (sulfide) groups is 1. The molecule has 1 N–H and O–H groups in total. The highest BCUT2D eigenvalue weighted by molar-refractivity contribution is 8.18. The van der Waals surface area contributed by atoms with E-state index in [1.54, 1.807) is 0 Å². The number of nitrogens with zero attached hydrogens (tertiary/aromatic N) is 1. The fourth-order valence-electron chi connectivity index (χ4n) is 2.13. The van der Waals surface area contributed by atoms with Crippen LogP contribution in [0.2, 0.25) is 0 Å². The molecule has 2 aromatic rings. The van der Waals surface area contributed by atoms with Gasteiger partial charge in [-0.25, -0.2) is 4.99 Å². The van der Waals surface area contributed by atoms with Crippen LogP contribution in [-0.2, 0) is 4.79 Å². The van der Waals surface area contributed by atoms with Crippen molar-refractivity contribution >= 4 is 34.6 Å². The third-order valence-corrected chi connectivity index (χ3v) is 4.24. The summed E-state index contributed by atoms with van der Waals surface area (Å²) in [4.78, 5) is 17.3. The van der Waals surface area contributed by atoms with Gasteiger partial charge in [-0.3, -0.25) is 4.79 Å². The summed E-state index contributed by atoms with van der Waals surface area (Å²) in [5, 5.41) is 3.45. The smallest absolute Gasteiger partial charge is 0.264 e. The van der Waals surface area contributed by atoms with Crippen LogP contribution >= 0.6 is 11.8 Å². The Labute approximate surface area is 134 Å². The number of hydrogen-bond donors (Lipinski definition) is 1. The van der Waals surface area contributed by atoms with Crippen molar-refractivity contribution in [3.63, 3.8) is 0 Å². The number of hydrogen-bond acceptors (Lipinski definition) is 3. The predicted molar refractivity (Wildman–Crippen MR) is 93.2 cm³/mol. The molecule has 2 aromatic carbocycles. The molecular formula is C18H16N2OS. The van der Waals surface area contributed by atoms with Crippen molar-refractivity contribution in [3.05, 3.63) is 70.1 Å². The summed E-state index contributed by atoms with van der Waals surface area (Å²) < 4.78 is 0. The highest BCUT2D eigenvalue weighted by Crippen LogP contribution is 2.29. The topological polar surface area (TPSA) is 41.5 Å². The molecule has 110 valence electrons. The Morgan fingerprint density at radius 2 is 1.86 bits per heavy atom. The number of aryl methyl sites for hydroxylation is 2. The zero-order chi connectivity index (χ0) is 15.5. The first-order valence-electron chi connectivity index (χ1n) is 7.04. The minimum Gasteiger partial charge on any atom is -0.300 e. The summed E-state index contributed by atoms with van der Waals surface area (Å²) in [6, 6.07) is 15.9. The number of aliphatic imine (C=N–C) groups is 1. The van der Waals surface area contributed by atoms with Gasteiger partial charge in [0.1, 0.15) is 0 Å². The van der Waals surface area contributed by atoms with Gasteiger partial charge in [0.25, 0.3) is 5.91 Å². The molecule has 3 rings (SSSR count). The Morgan fingerprint density at radius 1 is 1.09 bits per heavy atom. The second-order valence-electron chi connectivity index (χ2n) is 5.18. The predicted octanol–water partition coefficient (Wildman–Crippen LogP) is 4.20. The standard InChI is InChI=1S/C18H16N2OS/c1-12-8-9-13(2)15(10-12)19-18-20-17(21)16(22-18)11-14-6-4-3-5-7-14/h3-11H,1-2H3,(H,19,20,21)/b16-11-. The number of amidine groups is 1. The van der Waals surface area contributed by atoms with E-state index in [1.165, 1.54) is 11.8 Å². The van der Waals surface area contributed by atoms with Crippen LogP contribution in [0.3, 0.4) is 0 Å². The van der Waals surface area contributed by atoms with Crippen molar-refractivity contribution in [2.24, 2.45) is 4.99 Å². The summed E-state index contributed by atoms with van der Waals surface area (Å²) in [6.45, 7) is 4.05. The maximum atomic E-state index is 12.1. The van der Waals surface area contributed by atoms with E-state index >= 15 is 0 Å². The molecule has 1 saturated heterocycles. The summed E-state index contributed by atoms with van der Waals surface area (Å²) in [5.41, 5.74) is 4.14. The van der Waals surface area contributed by atoms with E-state index in [1.807, 2.05) is 62.4 Å². The van der Waals surface area contributed by atoms with E-state index < -0.39 is 0 Å². The molecule has 0 aromatic heterocycles. The van der Waals surface area contributed by atoms with Crippen molar-refractivity contribution in [1.82, 2.24) is 5.32 Å². The van der Waals surface area contributed by atoms with Crippen LogP contribution in [0.4, 0.5) is 5.69 Å². The summed E-state index contributed by atoms with van der Waals surface area (Å²) in [5.74, 6) is -0.0992. The summed E-state index contributed by atoms with van der Waals surface area (Å²) >= 11 is 1.37. The van der Waals surface area contributed by atoms with Gasteiger partial charge in [-0.05, 0) is 54.4 Å². The van der Waals surface area contributed by atoms with E-state index in [4.69, 9.17) is 0 Å². The molecule has 0 spiro atoms. The van der Waals surface area contributed by atoms with E-state index in [-0.39, 0.29) is 5.91 Å². The lowest BCUT2D eigenvalue weighted by Crippen LogP contribution is -2.19. The fraction of sp³-hybridized carbons (Fsp3) is 0.111. The average Bonchev–Trinajstić information content (AvgIpc) is 2.84. The van der Waals surface area contributed by atoms with Gasteiger partial charge >= 0.3 is 0 Å². The van der Waals surface area contributed by atoms with Gasteiger partial charge in [0.15, 0.2) is 5.17 Å². The van der Waals surface area contributed by atoms with Crippen LogP contribution in [0.5, 0.6) is 0 Å². The first kappa shape index (κ1) is 14.6. The maximum absolute atomic E-state index is 12.1. The van der Waals surface area contributed by atoms with Gasteiger partial charge in [-0.1, -0.05) is 42.5 Å². The van der Waals surface area contributed by atoms with Crippen LogP contribution in [0.25, 0.3) is 6.08 Å². The molecule has 0 saturated carbocycles. The molecular weight excluding hydrogens is 292 g/mol. The number of benzene rings is 2. The van der Waals surface area contributed by atoms with E-state index in [9.17, 15) is 4.79 Å². The second-order valence-corrected chi connectivity index (χ2v) is 6.21. The monoisotopic (exact) mass is 308 g/mol. The van der Waals surface area contributed by atoms with Crippen molar-refractivity contribution in [2.75, 3.05) is 0 Å². The first-order valence-corrected chi connectivity index (χ1v) is 7.85. The third-order valence-electron chi connectivity index (χ3n) is 3.33. The summed E-state index contributed by atoms with van der Waals surface area (Å²) in [7, 11) is 0. The third kappa shape index (κ3) is 3.28. The number of amides is 1. The van der Waals surface area contributed by atoms with Crippen molar-refractivity contribution in [3.8, 4) is 0 Å². The Morgan fingerprint density at radius 3 is 2.64 bits per heavy atom. The van der Waals surface area contributed by atoms with Gasteiger partial charge in [-0.15, -0.1) is 0 Å². The summed E-state index contributed by atoms with van der Waals surface area (Å²) in [6.07, 6.45) is 1.88. The van der Waals surface area contributed by atoms with Crippen LogP contribution in [0, 0.1) is 13.8 Å². The number of nitrogens with one attached hydrogen (secondary N) is 1. The van der Waals surface area contributed by atoms with Crippen molar-refractivity contribution < 1.29 is 4.79 Å².